The van der Waals surface area contributed by atoms with E-state index < -0.39 is 5.60 Å². The molecule has 1 aliphatic carbocycles. The van der Waals surface area contributed by atoms with Crippen molar-refractivity contribution in [1.29, 1.82) is 0 Å². The van der Waals surface area contributed by atoms with E-state index >= 15 is 0 Å². The summed E-state index contributed by atoms with van der Waals surface area (Å²) in [6.45, 7) is 6.51. The van der Waals surface area contributed by atoms with E-state index in [-0.39, 0.29) is 0 Å². The highest BCUT2D eigenvalue weighted by molar-refractivity contribution is 4.86. The van der Waals surface area contributed by atoms with Crippen LogP contribution in [-0.4, -0.2) is 47.8 Å². The van der Waals surface area contributed by atoms with Gasteiger partial charge in [-0.05, 0) is 38.8 Å². The van der Waals surface area contributed by atoms with E-state index in [4.69, 9.17) is 0 Å². The maximum Gasteiger partial charge on any atom is 0.0771 e. The normalized spacial score (nSPS) is 29.3. The first kappa shape index (κ1) is 14.3. The van der Waals surface area contributed by atoms with E-state index in [2.05, 4.69) is 17.1 Å². The van der Waals surface area contributed by atoms with Crippen LogP contribution in [0.2, 0.25) is 0 Å². The predicted octanol–water partition coefficient (Wildman–Crippen LogP) is 2.15. The van der Waals surface area contributed by atoms with E-state index in [0.717, 1.165) is 32.5 Å². The topological polar surface area (TPSA) is 35.5 Å². The van der Waals surface area contributed by atoms with Crippen LogP contribution in [0.15, 0.2) is 0 Å². The third-order valence-corrected chi connectivity index (χ3v) is 4.77. The SMILES string of the molecule is CCN1CCCC1CNCC1(O)CCCCCC1. The van der Waals surface area contributed by atoms with E-state index in [1.165, 1.54) is 45.1 Å². The second-order valence-corrected chi connectivity index (χ2v) is 6.19. The molecule has 2 N–H and O–H groups in total. The standard InChI is InChI=1S/C15H30N2O/c1-2-17-11-7-8-14(17)12-16-13-15(18)9-5-3-4-6-10-15/h14,16,18H,2-13H2,1H3. The molecule has 0 radical (unpaired) electrons. The van der Waals surface area contributed by atoms with Gasteiger partial charge in [0.2, 0.25) is 0 Å². The lowest BCUT2D eigenvalue weighted by molar-refractivity contribution is 0.0241. The van der Waals surface area contributed by atoms with Gasteiger partial charge in [0, 0.05) is 19.1 Å². The molecule has 3 nitrogen and oxygen atoms in total. The molecule has 18 heavy (non-hydrogen) atoms. The maximum absolute atomic E-state index is 10.6. The van der Waals surface area contributed by atoms with Gasteiger partial charge in [0.1, 0.15) is 0 Å². The van der Waals surface area contributed by atoms with Crippen molar-refractivity contribution >= 4 is 0 Å². The summed E-state index contributed by atoms with van der Waals surface area (Å²) >= 11 is 0. The molecular weight excluding hydrogens is 224 g/mol. The smallest absolute Gasteiger partial charge is 0.0771 e. The van der Waals surface area contributed by atoms with Gasteiger partial charge >= 0.3 is 0 Å². The molecule has 0 aromatic carbocycles. The second kappa shape index (κ2) is 6.88. The largest absolute Gasteiger partial charge is 0.389 e. The molecule has 0 aromatic heterocycles. The Hall–Kier alpha value is -0.120. The van der Waals surface area contributed by atoms with Crippen LogP contribution in [0.5, 0.6) is 0 Å². The average Bonchev–Trinajstić information content (AvgIpc) is 2.70. The van der Waals surface area contributed by atoms with Crippen molar-refractivity contribution < 1.29 is 5.11 Å². The number of nitrogens with one attached hydrogen (secondary N) is 1. The van der Waals surface area contributed by atoms with Crippen molar-refractivity contribution in [2.45, 2.75) is 69.9 Å². The first-order chi connectivity index (χ1) is 8.73. The van der Waals surface area contributed by atoms with E-state index in [1.807, 2.05) is 0 Å². The summed E-state index contributed by atoms with van der Waals surface area (Å²) in [6.07, 6.45) is 9.63. The van der Waals surface area contributed by atoms with Gasteiger partial charge in [0.05, 0.1) is 5.60 Å². The molecule has 2 aliphatic rings. The first-order valence-corrected chi connectivity index (χ1v) is 7.91. The Bertz CT molecular complexity index is 237. The summed E-state index contributed by atoms with van der Waals surface area (Å²) in [5, 5.41) is 14.1. The Labute approximate surface area is 112 Å². The summed E-state index contributed by atoms with van der Waals surface area (Å²) in [4.78, 5) is 2.56. The predicted molar refractivity (Wildman–Crippen MR) is 75.8 cm³/mol. The van der Waals surface area contributed by atoms with Crippen LogP contribution in [0.1, 0.15) is 58.3 Å². The highest BCUT2D eigenvalue weighted by Crippen LogP contribution is 2.26. The molecule has 1 heterocycles. The van der Waals surface area contributed by atoms with Gasteiger partial charge in [-0.1, -0.05) is 32.6 Å². The number of nitrogens with zero attached hydrogens (tertiary/aromatic N) is 1. The van der Waals surface area contributed by atoms with Crippen LogP contribution < -0.4 is 5.32 Å². The number of aliphatic hydroxyl groups is 1. The zero-order valence-electron chi connectivity index (χ0n) is 12.0. The lowest BCUT2D eigenvalue weighted by atomic mass is 9.94. The average molecular weight is 254 g/mol. The molecule has 1 saturated heterocycles. The van der Waals surface area contributed by atoms with Gasteiger partial charge < -0.3 is 10.4 Å². The number of likely N-dealkylation sites (tertiary alicyclic amines) is 1. The zero-order chi connectivity index (χ0) is 12.8. The third-order valence-electron chi connectivity index (χ3n) is 4.77. The number of likely N-dealkylation sites (N-methyl/N-ethyl adjacent to an activating group) is 1. The van der Waals surface area contributed by atoms with Crippen molar-refractivity contribution in [1.82, 2.24) is 10.2 Å². The van der Waals surface area contributed by atoms with Gasteiger partial charge in [-0.3, -0.25) is 4.90 Å². The Morgan fingerprint density at radius 1 is 1.17 bits per heavy atom. The van der Waals surface area contributed by atoms with Crippen molar-refractivity contribution in [3.8, 4) is 0 Å². The second-order valence-electron chi connectivity index (χ2n) is 6.19. The van der Waals surface area contributed by atoms with E-state index in [1.54, 1.807) is 0 Å². The third kappa shape index (κ3) is 3.94. The van der Waals surface area contributed by atoms with Gasteiger partial charge in [0.25, 0.3) is 0 Å². The number of hydrogen-bond acceptors (Lipinski definition) is 3. The fourth-order valence-corrected chi connectivity index (χ4v) is 3.58. The quantitative estimate of drug-likeness (QED) is 0.738. The highest BCUT2D eigenvalue weighted by atomic mass is 16.3. The minimum atomic E-state index is -0.424. The molecule has 2 rings (SSSR count). The van der Waals surface area contributed by atoms with Crippen molar-refractivity contribution in [3.63, 3.8) is 0 Å². The van der Waals surface area contributed by atoms with Crippen LogP contribution in [0.25, 0.3) is 0 Å². The van der Waals surface area contributed by atoms with Crippen molar-refractivity contribution in [2.24, 2.45) is 0 Å². The van der Waals surface area contributed by atoms with Gasteiger partial charge in [-0.15, -0.1) is 0 Å². The van der Waals surface area contributed by atoms with Crippen LogP contribution in [0.3, 0.4) is 0 Å². The lowest BCUT2D eigenvalue weighted by Gasteiger charge is -2.29. The molecule has 1 aliphatic heterocycles. The molecule has 0 aromatic rings. The molecule has 2 fully saturated rings. The Morgan fingerprint density at radius 2 is 1.89 bits per heavy atom. The van der Waals surface area contributed by atoms with E-state index in [9.17, 15) is 5.11 Å². The summed E-state index contributed by atoms with van der Waals surface area (Å²) in [6, 6.07) is 0.698. The van der Waals surface area contributed by atoms with Crippen LogP contribution in [-0.2, 0) is 0 Å². The number of hydrogen-bond donors (Lipinski definition) is 2. The summed E-state index contributed by atoms with van der Waals surface area (Å²) in [5.41, 5.74) is -0.424. The Balaban J connectivity index is 1.70. The van der Waals surface area contributed by atoms with Crippen LogP contribution >= 0.6 is 0 Å². The highest BCUT2D eigenvalue weighted by Gasteiger charge is 2.28. The molecule has 0 spiro atoms. The molecule has 106 valence electrons. The molecule has 1 unspecified atom stereocenters. The Kier molecular flexibility index (Phi) is 5.46. The summed E-state index contributed by atoms with van der Waals surface area (Å²) in [7, 11) is 0. The zero-order valence-corrected chi connectivity index (χ0v) is 12.0. The molecule has 1 atom stereocenters. The maximum atomic E-state index is 10.6. The summed E-state index contributed by atoms with van der Waals surface area (Å²) < 4.78 is 0. The minimum Gasteiger partial charge on any atom is -0.389 e. The molecule has 1 saturated carbocycles. The molecule has 0 bridgehead atoms. The monoisotopic (exact) mass is 254 g/mol. The van der Waals surface area contributed by atoms with E-state index in [0.29, 0.717) is 6.04 Å². The molecule has 0 amide bonds. The molecular formula is C15H30N2O. The van der Waals surface area contributed by atoms with Crippen molar-refractivity contribution in [2.75, 3.05) is 26.2 Å². The fourth-order valence-electron chi connectivity index (χ4n) is 3.58. The number of rotatable bonds is 5. The Morgan fingerprint density at radius 3 is 2.56 bits per heavy atom. The van der Waals surface area contributed by atoms with Crippen LogP contribution in [0, 0.1) is 0 Å². The van der Waals surface area contributed by atoms with Crippen molar-refractivity contribution in [3.05, 3.63) is 0 Å². The first-order valence-electron chi connectivity index (χ1n) is 7.91. The lowest BCUT2D eigenvalue weighted by Crippen LogP contribution is -2.45. The van der Waals surface area contributed by atoms with Gasteiger partial charge in [-0.2, -0.15) is 0 Å². The van der Waals surface area contributed by atoms with Gasteiger partial charge in [0.15, 0.2) is 0 Å². The van der Waals surface area contributed by atoms with Crippen LogP contribution in [0.4, 0.5) is 0 Å². The van der Waals surface area contributed by atoms with Gasteiger partial charge in [-0.25, -0.2) is 0 Å². The minimum absolute atomic E-state index is 0.424. The summed E-state index contributed by atoms with van der Waals surface area (Å²) in [5.74, 6) is 0. The molecule has 3 heteroatoms. The fraction of sp³-hybridized carbons (Fsp3) is 1.00.